The summed E-state index contributed by atoms with van der Waals surface area (Å²) >= 11 is 0. The number of rotatable bonds is 3. The summed E-state index contributed by atoms with van der Waals surface area (Å²) in [5, 5.41) is 19.9. The molecule has 1 spiro atoms. The number of carbonyl (C=O) groups is 1. The molecule has 1 amide bonds. The van der Waals surface area contributed by atoms with Gasteiger partial charge in [-0.05, 0) is 37.7 Å². The number of carbonyl (C=O) groups excluding carboxylic acids is 1. The topological polar surface area (TPSA) is 60.8 Å². The molecule has 0 unspecified atom stereocenters. The van der Waals surface area contributed by atoms with Crippen LogP contribution in [0.3, 0.4) is 0 Å². The van der Waals surface area contributed by atoms with E-state index in [2.05, 4.69) is 0 Å². The molecule has 1 saturated heterocycles. The Morgan fingerprint density at radius 3 is 2.71 bits per heavy atom. The first-order valence-corrected chi connectivity index (χ1v) is 7.82. The van der Waals surface area contributed by atoms with Crippen molar-refractivity contribution in [1.29, 1.82) is 0 Å². The molecule has 0 radical (unpaired) electrons. The average molecular weight is 289 g/mol. The summed E-state index contributed by atoms with van der Waals surface area (Å²) in [7, 11) is 0. The van der Waals surface area contributed by atoms with Gasteiger partial charge in [-0.1, -0.05) is 30.3 Å². The van der Waals surface area contributed by atoms with E-state index in [0.717, 1.165) is 31.2 Å². The molecular formula is C17H23NO3. The molecule has 1 saturated carbocycles. The van der Waals surface area contributed by atoms with Crippen molar-refractivity contribution in [3.63, 3.8) is 0 Å². The summed E-state index contributed by atoms with van der Waals surface area (Å²) in [6, 6.07) is 9.41. The Bertz CT molecular complexity index is 504. The molecular weight excluding hydrogens is 266 g/mol. The first-order chi connectivity index (χ1) is 10.2. The Hall–Kier alpha value is -1.39. The number of benzene rings is 1. The number of likely N-dealkylation sites (tertiary alicyclic amines) is 1. The van der Waals surface area contributed by atoms with Crippen LogP contribution in [0.25, 0.3) is 0 Å². The highest BCUT2D eigenvalue weighted by molar-refractivity contribution is 5.80. The fourth-order valence-electron chi connectivity index (χ4n) is 4.12. The normalized spacial score (nSPS) is 30.9. The van der Waals surface area contributed by atoms with E-state index in [4.69, 9.17) is 0 Å². The van der Waals surface area contributed by atoms with Crippen molar-refractivity contribution >= 4 is 5.91 Å². The third-order valence-electron chi connectivity index (χ3n) is 5.05. The Balaban J connectivity index is 1.94. The molecule has 0 aromatic heterocycles. The van der Waals surface area contributed by atoms with Crippen molar-refractivity contribution in [3.05, 3.63) is 35.9 Å². The standard InChI is InChI=1S/C17H23NO3/c19-12-15(13-5-2-1-3-6-13)18-16(21)8-10-17(18)9-4-7-14(20)11-17/h1-3,5-6,14-15,19-20H,4,7-12H2/t14-,15-,17-/m0/s1. The summed E-state index contributed by atoms with van der Waals surface area (Å²) in [6.07, 6.45) is 4.32. The van der Waals surface area contributed by atoms with Crippen LogP contribution in [-0.4, -0.2) is 39.3 Å². The van der Waals surface area contributed by atoms with Crippen LogP contribution in [-0.2, 0) is 4.79 Å². The van der Waals surface area contributed by atoms with Crippen molar-refractivity contribution in [2.75, 3.05) is 6.61 Å². The molecule has 1 aliphatic heterocycles. The molecule has 2 fully saturated rings. The van der Waals surface area contributed by atoms with Crippen molar-refractivity contribution in [1.82, 2.24) is 4.90 Å². The lowest BCUT2D eigenvalue weighted by molar-refractivity contribution is -0.138. The quantitative estimate of drug-likeness (QED) is 0.895. The van der Waals surface area contributed by atoms with Crippen LogP contribution in [0, 0.1) is 0 Å². The van der Waals surface area contributed by atoms with Crippen molar-refractivity contribution in [2.24, 2.45) is 0 Å². The lowest BCUT2D eigenvalue weighted by Crippen LogP contribution is -2.52. The second kappa shape index (κ2) is 5.78. The minimum absolute atomic E-state index is 0.0758. The largest absolute Gasteiger partial charge is 0.394 e. The smallest absolute Gasteiger partial charge is 0.223 e. The zero-order valence-corrected chi connectivity index (χ0v) is 12.2. The number of nitrogens with zero attached hydrogens (tertiary/aromatic N) is 1. The lowest BCUT2D eigenvalue weighted by Gasteiger charge is -2.46. The first kappa shape index (κ1) is 14.5. The zero-order chi connectivity index (χ0) is 14.9. The van der Waals surface area contributed by atoms with Crippen LogP contribution in [0.4, 0.5) is 0 Å². The summed E-state index contributed by atoms with van der Waals surface area (Å²) in [5.74, 6) is 0.104. The molecule has 4 nitrogen and oxygen atoms in total. The highest BCUT2D eigenvalue weighted by Gasteiger charge is 2.50. The summed E-state index contributed by atoms with van der Waals surface area (Å²) < 4.78 is 0. The third kappa shape index (κ3) is 2.58. The van der Waals surface area contributed by atoms with Crippen LogP contribution in [0.15, 0.2) is 30.3 Å². The fourth-order valence-corrected chi connectivity index (χ4v) is 4.12. The molecule has 21 heavy (non-hydrogen) atoms. The van der Waals surface area contributed by atoms with Gasteiger partial charge in [0.1, 0.15) is 0 Å². The van der Waals surface area contributed by atoms with Gasteiger partial charge in [0.2, 0.25) is 5.91 Å². The number of hydrogen-bond donors (Lipinski definition) is 2. The van der Waals surface area contributed by atoms with Gasteiger partial charge in [0.05, 0.1) is 18.8 Å². The van der Waals surface area contributed by atoms with Gasteiger partial charge in [0, 0.05) is 12.0 Å². The van der Waals surface area contributed by atoms with E-state index >= 15 is 0 Å². The molecule has 2 aliphatic rings. The number of aliphatic hydroxyl groups is 2. The Morgan fingerprint density at radius 1 is 1.29 bits per heavy atom. The minimum atomic E-state index is -0.331. The maximum absolute atomic E-state index is 12.5. The van der Waals surface area contributed by atoms with E-state index in [9.17, 15) is 15.0 Å². The van der Waals surface area contributed by atoms with E-state index in [1.165, 1.54) is 0 Å². The van der Waals surface area contributed by atoms with E-state index in [0.29, 0.717) is 12.8 Å². The van der Waals surface area contributed by atoms with Crippen molar-refractivity contribution < 1.29 is 15.0 Å². The van der Waals surface area contributed by atoms with Gasteiger partial charge in [-0.2, -0.15) is 0 Å². The van der Waals surface area contributed by atoms with Gasteiger partial charge in [0.15, 0.2) is 0 Å². The van der Waals surface area contributed by atoms with Gasteiger partial charge in [-0.3, -0.25) is 4.79 Å². The Kier molecular flexibility index (Phi) is 4.00. The first-order valence-electron chi connectivity index (χ1n) is 7.82. The van der Waals surface area contributed by atoms with Crippen molar-refractivity contribution in [2.45, 2.75) is 56.2 Å². The van der Waals surface area contributed by atoms with E-state index in [1.807, 2.05) is 35.2 Å². The van der Waals surface area contributed by atoms with Crippen LogP contribution in [0.1, 0.15) is 50.1 Å². The molecule has 1 heterocycles. The van der Waals surface area contributed by atoms with Crippen LogP contribution < -0.4 is 0 Å². The van der Waals surface area contributed by atoms with E-state index in [1.54, 1.807) is 0 Å². The molecule has 0 bridgehead atoms. The number of aliphatic hydroxyl groups excluding tert-OH is 2. The van der Waals surface area contributed by atoms with Crippen LogP contribution >= 0.6 is 0 Å². The Labute approximate surface area is 125 Å². The van der Waals surface area contributed by atoms with Gasteiger partial charge in [0.25, 0.3) is 0 Å². The van der Waals surface area contributed by atoms with E-state index in [-0.39, 0.29) is 30.2 Å². The number of hydrogen-bond acceptors (Lipinski definition) is 3. The van der Waals surface area contributed by atoms with Crippen LogP contribution in [0.2, 0.25) is 0 Å². The summed E-state index contributed by atoms with van der Waals surface area (Å²) in [6.45, 7) is -0.0758. The van der Waals surface area contributed by atoms with Crippen LogP contribution in [0.5, 0.6) is 0 Å². The number of amides is 1. The second-order valence-corrected chi connectivity index (χ2v) is 6.35. The molecule has 3 atom stereocenters. The maximum atomic E-state index is 12.5. The summed E-state index contributed by atoms with van der Waals surface area (Å²) in [4.78, 5) is 14.3. The SMILES string of the molecule is O=C1CC[C@]2(CCC[C@H](O)C2)N1[C@@H](CO)c1ccccc1. The van der Waals surface area contributed by atoms with Gasteiger partial charge < -0.3 is 15.1 Å². The van der Waals surface area contributed by atoms with Gasteiger partial charge in [-0.15, -0.1) is 0 Å². The maximum Gasteiger partial charge on any atom is 0.223 e. The van der Waals surface area contributed by atoms with E-state index < -0.39 is 0 Å². The van der Waals surface area contributed by atoms with Gasteiger partial charge >= 0.3 is 0 Å². The highest BCUT2D eigenvalue weighted by atomic mass is 16.3. The van der Waals surface area contributed by atoms with Crippen molar-refractivity contribution in [3.8, 4) is 0 Å². The highest BCUT2D eigenvalue weighted by Crippen LogP contribution is 2.46. The predicted molar refractivity (Wildman–Crippen MR) is 79.6 cm³/mol. The molecule has 1 aromatic rings. The molecule has 1 aromatic carbocycles. The van der Waals surface area contributed by atoms with Gasteiger partial charge in [-0.25, -0.2) is 0 Å². The third-order valence-corrected chi connectivity index (χ3v) is 5.05. The monoisotopic (exact) mass is 289 g/mol. The minimum Gasteiger partial charge on any atom is -0.394 e. The molecule has 2 N–H and O–H groups in total. The molecule has 3 rings (SSSR count). The zero-order valence-electron chi connectivity index (χ0n) is 12.2. The fraction of sp³-hybridized carbons (Fsp3) is 0.588. The second-order valence-electron chi connectivity index (χ2n) is 6.35. The summed E-state index contributed by atoms with van der Waals surface area (Å²) in [5.41, 5.74) is 0.701. The average Bonchev–Trinajstić information content (AvgIpc) is 2.79. The Morgan fingerprint density at radius 2 is 2.05 bits per heavy atom. The lowest BCUT2D eigenvalue weighted by atomic mass is 9.77. The predicted octanol–water partition coefficient (Wildman–Crippen LogP) is 2.02. The molecule has 4 heteroatoms. The molecule has 1 aliphatic carbocycles. The molecule has 114 valence electrons.